The van der Waals surface area contributed by atoms with Crippen LogP contribution in [0, 0.1) is 5.92 Å². The van der Waals surface area contributed by atoms with Crippen molar-refractivity contribution in [3.8, 4) is 0 Å². The van der Waals surface area contributed by atoms with Crippen molar-refractivity contribution in [2.45, 2.75) is 77.0 Å². The molecule has 2 fully saturated rings. The topological polar surface area (TPSA) is 41.6 Å². The summed E-state index contributed by atoms with van der Waals surface area (Å²) in [6.07, 6.45) is 6.73. The summed E-state index contributed by atoms with van der Waals surface area (Å²) in [5.74, 6) is 0.841. The first-order chi connectivity index (χ1) is 12.5. The maximum Gasteiger partial charge on any atom is 0.217 e. The van der Waals surface area contributed by atoms with Crippen molar-refractivity contribution < 1.29 is 9.53 Å². The Bertz CT molecular complexity index is 667. The second-order valence-electron chi connectivity index (χ2n) is 8.53. The first-order valence-corrected chi connectivity index (χ1v) is 11.1. The van der Waals surface area contributed by atoms with Gasteiger partial charge in [0.15, 0.2) is 0 Å². The summed E-state index contributed by atoms with van der Waals surface area (Å²) in [5.41, 5.74) is 1.47. The molecule has 1 N–H and O–H groups in total. The molecule has 0 radical (unpaired) electrons. The third-order valence-corrected chi connectivity index (χ3v) is 7.93. The van der Waals surface area contributed by atoms with Gasteiger partial charge in [0, 0.05) is 48.3 Å². The van der Waals surface area contributed by atoms with Crippen LogP contribution in [0.3, 0.4) is 0 Å². The van der Waals surface area contributed by atoms with Gasteiger partial charge in [-0.15, -0.1) is 11.3 Å². The Balaban J connectivity index is 1.37. The molecule has 0 bridgehead atoms. The first kappa shape index (κ1) is 18.5. The summed E-state index contributed by atoms with van der Waals surface area (Å²) in [6, 6.07) is 3.40. The number of amides is 1. The van der Waals surface area contributed by atoms with E-state index < -0.39 is 0 Å². The molecule has 144 valence electrons. The maximum atomic E-state index is 11.2. The van der Waals surface area contributed by atoms with E-state index in [1.165, 1.54) is 17.0 Å². The number of hydrogen-bond donors (Lipinski definition) is 1. The van der Waals surface area contributed by atoms with Gasteiger partial charge in [-0.05, 0) is 56.6 Å². The second kappa shape index (κ2) is 7.25. The molecule has 1 saturated heterocycles. The van der Waals surface area contributed by atoms with Crippen molar-refractivity contribution in [3.05, 3.63) is 21.4 Å². The molecular weight excluding hydrogens is 344 g/mol. The second-order valence-corrected chi connectivity index (χ2v) is 9.75. The van der Waals surface area contributed by atoms with E-state index in [4.69, 9.17) is 4.74 Å². The average molecular weight is 377 g/mol. The molecule has 26 heavy (non-hydrogen) atoms. The van der Waals surface area contributed by atoms with Gasteiger partial charge in [0.1, 0.15) is 0 Å². The van der Waals surface area contributed by atoms with Crippen LogP contribution < -0.4 is 5.32 Å². The number of hydrogen-bond acceptors (Lipinski definition) is 4. The monoisotopic (exact) mass is 376 g/mol. The lowest BCUT2D eigenvalue weighted by atomic mass is 9.76. The van der Waals surface area contributed by atoms with Crippen LogP contribution in [0.2, 0.25) is 0 Å². The standard InChI is InChI=1S/C21H32N2O2S/c1-4-18-11-19-20(26-18)5-8-25-21(19)6-7-23(14(2)12-21)13-16-9-17(10-16)22-15(3)24/h11,14,16-17H,4-10,12-13H2,1-3H3,(H,22,24)/t14-,16?,17?,21+/m0/s1. The van der Waals surface area contributed by atoms with Gasteiger partial charge in [0.2, 0.25) is 5.91 Å². The number of carbonyl (C=O) groups is 1. The molecule has 3 heterocycles. The van der Waals surface area contributed by atoms with E-state index in [2.05, 4.69) is 30.1 Å². The van der Waals surface area contributed by atoms with E-state index in [-0.39, 0.29) is 11.5 Å². The number of nitrogens with zero attached hydrogens (tertiary/aromatic N) is 1. The van der Waals surface area contributed by atoms with E-state index >= 15 is 0 Å². The Morgan fingerprint density at radius 3 is 2.96 bits per heavy atom. The highest BCUT2D eigenvalue weighted by molar-refractivity contribution is 7.12. The third kappa shape index (κ3) is 3.46. The average Bonchev–Trinajstić information content (AvgIpc) is 3.00. The molecule has 1 saturated carbocycles. The molecule has 3 aliphatic rings. The fourth-order valence-electron chi connectivity index (χ4n) is 5.17. The Kier molecular flexibility index (Phi) is 5.15. The minimum atomic E-state index is -0.0360. The smallest absolute Gasteiger partial charge is 0.217 e. The molecule has 0 aromatic carbocycles. The molecule has 1 aromatic rings. The van der Waals surface area contributed by atoms with E-state index in [1.807, 2.05) is 11.3 Å². The van der Waals surface area contributed by atoms with Crippen LogP contribution in [-0.4, -0.2) is 42.6 Å². The normalized spacial score (nSPS) is 34.3. The molecule has 1 amide bonds. The van der Waals surface area contributed by atoms with Gasteiger partial charge in [-0.25, -0.2) is 0 Å². The third-order valence-electron chi connectivity index (χ3n) is 6.59. The minimum absolute atomic E-state index is 0.0360. The molecule has 5 heteroatoms. The number of likely N-dealkylation sites (tertiary alicyclic amines) is 1. The van der Waals surface area contributed by atoms with E-state index in [0.717, 1.165) is 57.6 Å². The number of thiophene rings is 1. The van der Waals surface area contributed by atoms with Crippen LogP contribution in [-0.2, 0) is 28.0 Å². The zero-order chi connectivity index (χ0) is 18.3. The quantitative estimate of drug-likeness (QED) is 0.875. The van der Waals surface area contributed by atoms with Crippen LogP contribution in [0.1, 0.15) is 61.8 Å². The predicted molar refractivity (Wildman–Crippen MR) is 106 cm³/mol. The number of carbonyl (C=O) groups excluding carboxylic acids is 1. The fourth-order valence-corrected chi connectivity index (χ4v) is 6.35. The van der Waals surface area contributed by atoms with Crippen molar-refractivity contribution in [1.82, 2.24) is 10.2 Å². The summed E-state index contributed by atoms with van der Waals surface area (Å²) in [5, 5.41) is 3.05. The minimum Gasteiger partial charge on any atom is -0.370 e. The van der Waals surface area contributed by atoms with Crippen molar-refractivity contribution >= 4 is 17.2 Å². The number of piperidine rings is 1. The van der Waals surface area contributed by atoms with E-state index in [0.29, 0.717) is 12.1 Å². The summed E-state index contributed by atoms with van der Waals surface area (Å²) in [4.78, 5) is 16.9. The number of ether oxygens (including phenoxy) is 1. The largest absolute Gasteiger partial charge is 0.370 e. The van der Waals surface area contributed by atoms with Crippen molar-refractivity contribution in [3.63, 3.8) is 0 Å². The van der Waals surface area contributed by atoms with Gasteiger partial charge in [-0.1, -0.05) is 6.92 Å². The van der Waals surface area contributed by atoms with Crippen LogP contribution in [0.4, 0.5) is 0 Å². The Morgan fingerprint density at radius 2 is 2.27 bits per heavy atom. The van der Waals surface area contributed by atoms with Crippen molar-refractivity contribution in [1.29, 1.82) is 0 Å². The van der Waals surface area contributed by atoms with Crippen molar-refractivity contribution in [2.24, 2.45) is 5.92 Å². The molecule has 4 rings (SSSR count). The van der Waals surface area contributed by atoms with E-state index in [9.17, 15) is 4.79 Å². The fraction of sp³-hybridized carbons (Fsp3) is 0.762. The number of rotatable bonds is 4. The highest BCUT2D eigenvalue weighted by atomic mass is 32.1. The van der Waals surface area contributed by atoms with Crippen LogP contribution in [0.25, 0.3) is 0 Å². The van der Waals surface area contributed by atoms with Crippen molar-refractivity contribution in [2.75, 3.05) is 19.7 Å². The van der Waals surface area contributed by atoms with Gasteiger partial charge in [0.05, 0.1) is 12.2 Å². The van der Waals surface area contributed by atoms with Gasteiger partial charge >= 0.3 is 0 Å². The van der Waals surface area contributed by atoms with Gasteiger partial charge in [-0.3, -0.25) is 4.79 Å². The lowest BCUT2D eigenvalue weighted by molar-refractivity contribution is -0.121. The molecular formula is C21H32N2O2S. The Morgan fingerprint density at radius 1 is 1.46 bits per heavy atom. The maximum absolute atomic E-state index is 11.2. The highest BCUT2D eigenvalue weighted by Crippen LogP contribution is 2.46. The highest BCUT2D eigenvalue weighted by Gasteiger charge is 2.45. The summed E-state index contributed by atoms with van der Waals surface area (Å²) < 4.78 is 6.45. The van der Waals surface area contributed by atoms with Gasteiger partial charge in [-0.2, -0.15) is 0 Å². The summed E-state index contributed by atoms with van der Waals surface area (Å²) >= 11 is 2.01. The molecule has 0 unspecified atom stereocenters. The van der Waals surface area contributed by atoms with Gasteiger partial charge in [0.25, 0.3) is 0 Å². The Hall–Kier alpha value is -0.910. The number of nitrogens with one attached hydrogen (secondary N) is 1. The molecule has 2 aliphatic heterocycles. The lowest BCUT2D eigenvalue weighted by Gasteiger charge is -2.49. The van der Waals surface area contributed by atoms with Gasteiger partial charge < -0.3 is 15.0 Å². The zero-order valence-corrected chi connectivity index (χ0v) is 17.2. The van der Waals surface area contributed by atoms with E-state index in [1.54, 1.807) is 11.8 Å². The molecule has 4 nitrogen and oxygen atoms in total. The lowest BCUT2D eigenvalue weighted by Crippen LogP contribution is -2.54. The molecule has 1 aromatic heterocycles. The van der Waals surface area contributed by atoms with Crippen LogP contribution >= 0.6 is 11.3 Å². The summed E-state index contributed by atoms with van der Waals surface area (Å²) in [6.45, 7) is 9.42. The molecule has 2 atom stereocenters. The predicted octanol–water partition coefficient (Wildman–Crippen LogP) is 3.48. The molecule has 1 aliphatic carbocycles. The number of aryl methyl sites for hydroxylation is 1. The summed E-state index contributed by atoms with van der Waals surface area (Å²) in [7, 11) is 0. The van der Waals surface area contributed by atoms with Crippen LogP contribution in [0.5, 0.6) is 0 Å². The SMILES string of the molecule is CCc1cc2c(s1)CCO[C@@]21CCN(CC2CC(NC(C)=O)C2)[C@@H](C)C1. The zero-order valence-electron chi connectivity index (χ0n) is 16.3. The first-order valence-electron chi connectivity index (χ1n) is 10.3. The Labute approximate surface area is 161 Å². The number of fused-ring (bicyclic) bond motifs is 2. The van der Waals surface area contributed by atoms with Crippen LogP contribution in [0.15, 0.2) is 6.07 Å². The molecule has 1 spiro atoms.